The molecule has 0 spiro atoms. The van der Waals surface area contributed by atoms with Gasteiger partial charge in [-0.1, -0.05) is 6.42 Å². The van der Waals surface area contributed by atoms with Gasteiger partial charge in [-0.05, 0) is 43.4 Å². The van der Waals surface area contributed by atoms with Crippen LogP contribution in [0.5, 0.6) is 0 Å². The topological polar surface area (TPSA) is 41.1 Å². The highest BCUT2D eigenvalue weighted by Crippen LogP contribution is 2.49. The Bertz CT molecular complexity index is 361. The molecule has 3 fully saturated rings. The molecule has 3 aliphatic rings. The highest BCUT2D eigenvalue weighted by atomic mass is 19.3. The number of nitrogens with one attached hydrogen (secondary N) is 2. The molecule has 3 nitrogen and oxygen atoms in total. The van der Waals surface area contributed by atoms with Gasteiger partial charge in [-0.25, -0.2) is 8.78 Å². The van der Waals surface area contributed by atoms with E-state index in [0.717, 1.165) is 24.2 Å². The van der Waals surface area contributed by atoms with Crippen LogP contribution in [0.3, 0.4) is 0 Å². The van der Waals surface area contributed by atoms with E-state index in [9.17, 15) is 13.6 Å². The minimum absolute atomic E-state index is 0.264. The number of alkyl halides is 2. The molecule has 0 aromatic heterocycles. The second kappa shape index (κ2) is 5.00. The molecule has 1 heterocycles. The molecular formula is C14H22F2N2O. The predicted octanol–water partition coefficient (Wildman–Crippen LogP) is 1.93. The SMILES string of the molecule is O=C(NCCC1CC2CCC1C2)C1CC(F)(F)CN1. The van der Waals surface area contributed by atoms with Crippen LogP contribution in [0.1, 0.15) is 38.5 Å². The lowest BCUT2D eigenvalue weighted by molar-refractivity contribution is -0.123. The van der Waals surface area contributed by atoms with E-state index in [1.54, 1.807) is 0 Å². The van der Waals surface area contributed by atoms with Crippen LogP contribution in [-0.4, -0.2) is 31.0 Å². The summed E-state index contributed by atoms with van der Waals surface area (Å²) in [6.07, 6.45) is 6.05. The number of halogens is 2. The lowest BCUT2D eigenvalue weighted by Gasteiger charge is -2.22. The van der Waals surface area contributed by atoms with Crippen LogP contribution >= 0.6 is 0 Å². The minimum Gasteiger partial charge on any atom is -0.355 e. The number of hydrogen-bond acceptors (Lipinski definition) is 2. The van der Waals surface area contributed by atoms with E-state index in [1.807, 2.05) is 0 Å². The van der Waals surface area contributed by atoms with E-state index < -0.39 is 12.0 Å². The lowest BCUT2D eigenvalue weighted by Crippen LogP contribution is -2.41. The van der Waals surface area contributed by atoms with E-state index >= 15 is 0 Å². The van der Waals surface area contributed by atoms with Crippen molar-refractivity contribution in [3.05, 3.63) is 0 Å². The van der Waals surface area contributed by atoms with Gasteiger partial charge in [0.1, 0.15) is 0 Å². The van der Waals surface area contributed by atoms with Gasteiger partial charge in [0.05, 0.1) is 12.6 Å². The molecule has 5 heteroatoms. The maximum absolute atomic E-state index is 13.0. The fraction of sp³-hybridized carbons (Fsp3) is 0.929. The van der Waals surface area contributed by atoms with Gasteiger partial charge >= 0.3 is 0 Å². The highest BCUT2D eigenvalue weighted by Gasteiger charge is 2.42. The van der Waals surface area contributed by atoms with Gasteiger partial charge in [0.25, 0.3) is 5.92 Å². The van der Waals surface area contributed by atoms with Crippen molar-refractivity contribution in [3.63, 3.8) is 0 Å². The summed E-state index contributed by atoms with van der Waals surface area (Å²) in [4.78, 5) is 11.8. The van der Waals surface area contributed by atoms with Crippen molar-refractivity contribution in [1.29, 1.82) is 0 Å². The van der Waals surface area contributed by atoms with Crippen LogP contribution < -0.4 is 10.6 Å². The molecule has 108 valence electrons. The summed E-state index contributed by atoms with van der Waals surface area (Å²) in [5.41, 5.74) is 0. The quantitative estimate of drug-likeness (QED) is 0.821. The Labute approximate surface area is 112 Å². The standard InChI is InChI=1S/C14H22F2N2O/c15-14(16)7-12(18-8-14)13(19)17-4-3-11-6-9-1-2-10(11)5-9/h9-12,18H,1-8H2,(H,17,19). The maximum atomic E-state index is 13.0. The second-order valence-corrected chi connectivity index (χ2v) is 6.51. The third-order valence-electron chi connectivity index (χ3n) is 5.13. The summed E-state index contributed by atoms with van der Waals surface area (Å²) >= 11 is 0. The van der Waals surface area contributed by atoms with Gasteiger partial charge in [-0.2, -0.15) is 0 Å². The zero-order valence-electron chi connectivity index (χ0n) is 11.1. The summed E-state index contributed by atoms with van der Waals surface area (Å²) in [6.45, 7) is 0.258. The van der Waals surface area contributed by atoms with Crippen LogP contribution in [0.15, 0.2) is 0 Å². The van der Waals surface area contributed by atoms with Gasteiger partial charge in [-0.3, -0.25) is 10.1 Å². The first-order valence-corrected chi connectivity index (χ1v) is 7.42. The predicted molar refractivity (Wildman–Crippen MR) is 67.9 cm³/mol. The van der Waals surface area contributed by atoms with Gasteiger partial charge in [0.15, 0.2) is 0 Å². The Hall–Kier alpha value is -0.710. The molecule has 0 aromatic carbocycles. The molecule has 2 bridgehead atoms. The molecule has 1 saturated heterocycles. The highest BCUT2D eigenvalue weighted by molar-refractivity contribution is 5.82. The van der Waals surface area contributed by atoms with Gasteiger partial charge in [-0.15, -0.1) is 0 Å². The van der Waals surface area contributed by atoms with E-state index in [-0.39, 0.29) is 18.9 Å². The molecule has 4 atom stereocenters. The minimum atomic E-state index is -2.73. The van der Waals surface area contributed by atoms with Crippen molar-refractivity contribution >= 4 is 5.91 Å². The molecule has 2 N–H and O–H groups in total. The Morgan fingerprint density at radius 1 is 1.32 bits per heavy atom. The number of carbonyl (C=O) groups is 1. The summed E-state index contributed by atoms with van der Waals surface area (Å²) < 4.78 is 26.0. The summed E-state index contributed by atoms with van der Waals surface area (Å²) in [6, 6.07) is -0.713. The van der Waals surface area contributed by atoms with E-state index in [2.05, 4.69) is 10.6 Å². The smallest absolute Gasteiger partial charge is 0.262 e. The summed E-state index contributed by atoms with van der Waals surface area (Å²) in [7, 11) is 0. The molecule has 1 aliphatic heterocycles. The molecule has 2 saturated carbocycles. The zero-order valence-corrected chi connectivity index (χ0v) is 11.1. The second-order valence-electron chi connectivity index (χ2n) is 6.51. The maximum Gasteiger partial charge on any atom is 0.262 e. The largest absolute Gasteiger partial charge is 0.355 e. The number of hydrogen-bond donors (Lipinski definition) is 2. The van der Waals surface area contributed by atoms with Crippen molar-refractivity contribution in [2.24, 2.45) is 17.8 Å². The molecule has 0 radical (unpaired) electrons. The Kier molecular flexibility index (Phi) is 3.50. The Balaban J connectivity index is 1.37. The Morgan fingerprint density at radius 2 is 2.16 bits per heavy atom. The van der Waals surface area contributed by atoms with Crippen molar-refractivity contribution in [2.45, 2.75) is 50.5 Å². The van der Waals surface area contributed by atoms with E-state index in [0.29, 0.717) is 6.54 Å². The molecule has 0 aromatic rings. The number of fused-ring (bicyclic) bond motifs is 2. The third-order valence-corrected chi connectivity index (χ3v) is 5.13. The number of rotatable bonds is 4. The Morgan fingerprint density at radius 3 is 2.74 bits per heavy atom. The first-order chi connectivity index (χ1) is 9.03. The van der Waals surface area contributed by atoms with Gasteiger partial charge in [0.2, 0.25) is 5.91 Å². The fourth-order valence-corrected chi connectivity index (χ4v) is 4.13. The van der Waals surface area contributed by atoms with Gasteiger partial charge < -0.3 is 5.32 Å². The molecule has 19 heavy (non-hydrogen) atoms. The monoisotopic (exact) mass is 272 g/mol. The number of carbonyl (C=O) groups excluding carboxylic acids is 1. The molecule has 4 unspecified atom stereocenters. The lowest BCUT2D eigenvalue weighted by atomic mass is 9.86. The fourth-order valence-electron chi connectivity index (χ4n) is 4.13. The van der Waals surface area contributed by atoms with Crippen LogP contribution in [0.2, 0.25) is 0 Å². The summed E-state index contributed by atoms with van der Waals surface area (Å²) in [5, 5.41) is 5.40. The van der Waals surface area contributed by atoms with Gasteiger partial charge in [0, 0.05) is 13.0 Å². The normalized spacial score (nSPS) is 39.7. The van der Waals surface area contributed by atoms with Crippen LogP contribution in [0.25, 0.3) is 0 Å². The van der Waals surface area contributed by atoms with Crippen molar-refractivity contribution < 1.29 is 13.6 Å². The van der Waals surface area contributed by atoms with Crippen molar-refractivity contribution in [1.82, 2.24) is 10.6 Å². The molecule has 1 amide bonds. The van der Waals surface area contributed by atoms with Crippen LogP contribution in [0, 0.1) is 17.8 Å². The third kappa shape index (κ3) is 2.91. The van der Waals surface area contributed by atoms with Crippen LogP contribution in [0.4, 0.5) is 8.78 Å². The van der Waals surface area contributed by atoms with E-state index in [1.165, 1.54) is 25.7 Å². The molecular weight excluding hydrogens is 250 g/mol. The first-order valence-electron chi connectivity index (χ1n) is 7.42. The number of amides is 1. The summed E-state index contributed by atoms with van der Waals surface area (Å²) in [5.74, 6) is -0.471. The zero-order chi connectivity index (χ0) is 13.5. The van der Waals surface area contributed by atoms with Crippen molar-refractivity contribution in [3.8, 4) is 0 Å². The first kappa shape index (κ1) is 13.3. The average molecular weight is 272 g/mol. The average Bonchev–Trinajstić information content (AvgIpc) is 3.03. The van der Waals surface area contributed by atoms with Crippen LogP contribution in [-0.2, 0) is 4.79 Å². The van der Waals surface area contributed by atoms with E-state index in [4.69, 9.17) is 0 Å². The molecule has 2 aliphatic carbocycles. The van der Waals surface area contributed by atoms with Crippen molar-refractivity contribution in [2.75, 3.05) is 13.1 Å². The molecule has 3 rings (SSSR count).